The molecule has 0 saturated heterocycles. The Balaban J connectivity index is 1.99. The minimum atomic E-state index is -0.159. The second kappa shape index (κ2) is 9.37. The molecule has 5 nitrogen and oxygen atoms in total. The van der Waals surface area contributed by atoms with Crippen molar-refractivity contribution in [3.05, 3.63) is 72.2 Å². The third-order valence-electron chi connectivity index (χ3n) is 4.25. The first kappa shape index (κ1) is 19.9. The van der Waals surface area contributed by atoms with Crippen LogP contribution in [-0.2, 0) is 0 Å². The molecular formula is C22H22O5S. The molecule has 2 aromatic carbocycles. The van der Waals surface area contributed by atoms with Gasteiger partial charge in [-0.25, -0.2) is 0 Å². The predicted octanol–water partition coefficient (Wildman–Crippen LogP) is 5.41. The molecule has 3 rings (SSSR count). The van der Waals surface area contributed by atoms with Gasteiger partial charge in [0, 0.05) is 16.6 Å². The van der Waals surface area contributed by atoms with Gasteiger partial charge in [-0.05, 0) is 42.0 Å². The van der Waals surface area contributed by atoms with Crippen molar-refractivity contribution in [2.24, 2.45) is 0 Å². The van der Waals surface area contributed by atoms with Crippen LogP contribution in [0.25, 0.3) is 0 Å². The van der Waals surface area contributed by atoms with E-state index in [-0.39, 0.29) is 17.5 Å². The smallest absolute Gasteiger partial charge is 0.203 e. The van der Waals surface area contributed by atoms with E-state index in [9.17, 15) is 4.79 Å². The maximum atomic E-state index is 12.7. The lowest BCUT2D eigenvalue weighted by atomic mass is 10.0. The van der Waals surface area contributed by atoms with Gasteiger partial charge in [0.1, 0.15) is 0 Å². The molecule has 6 heteroatoms. The van der Waals surface area contributed by atoms with Crippen molar-refractivity contribution < 1.29 is 23.4 Å². The quantitative estimate of drug-likeness (QED) is 0.355. The minimum absolute atomic E-state index is 0.0628. The molecule has 3 aromatic rings. The highest BCUT2D eigenvalue weighted by Crippen LogP contribution is 2.45. The lowest BCUT2D eigenvalue weighted by Crippen LogP contribution is -2.06. The van der Waals surface area contributed by atoms with Crippen LogP contribution in [-0.4, -0.2) is 27.1 Å². The van der Waals surface area contributed by atoms with Crippen molar-refractivity contribution in [3.63, 3.8) is 0 Å². The number of hydrogen-bond donors (Lipinski definition) is 0. The summed E-state index contributed by atoms with van der Waals surface area (Å²) in [5.74, 6) is 1.93. The van der Waals surface area contributed by atoms with Gasteiger partial charge in [-0.1, -0.05) is 18.2 Å². The fraction of sp³-hybridized carbons (Fsp3) is 0.227. The fourth-order valence-corrected chi connectivity index (χ4v) is 4.03. The monoisotopic (exact) mass is 398 g/mol. The summed E-state index contributed by atoms with van der Waals surface area (Å²) in [5, 5.41) is -0.159. The largest absolute Gasteiger partial charge is 0.493 e. The zero-order chi connectivity index (χ0) is 19.9. The van der Waals surface area contributed by atoms with Gasteiger partial charge < -0.3 is 18.6 Å². The average Bonchev–Trinajstić information content (AvgIpc) is 3.28. The topological polar surface area (TPSA) is 57.9 Å². The Morgan fingerprint density at radius 2 is 1.64 bits per heavy atom. The Labute approximate surface area is 168 Å². The van der Waals surface area contributed by atoms with Crippen molar-refractivity contribution >= 4 is 17.5 Å². The second-order valence-corrected chi connectivity index (χ2v) is 7.26. The first-order valence-electron chi connectivity index (χ1n) is 8.74. The molecule has 0 bridgehead atoms. The number of thioether (sulfide) groups is 1. The number of Topliss-reactive ketones (excluding diaryl/α,β-unsaturated/α-hetero) is 1. The van der Waals surface area contributed by atoms with Gasteiger partial charge in [-0.2, -0.15) is 0 Å². The van der Waals surface area contributed by atoms with Crippen LogP contribution in [0.3, 0.4) is 0 Å². The maximum Gasteiger partial charge on any atom is 0.203 e. The zero-order valence-corrected chi connectivity index (χ0v) is 16.8. The number of ketones is 1. The van der Waals surface area contributed by atoms with Crippen LogP contribution in [0.15, 0.2) is 70.2 Å². The number of benzene rings is 2. The van der Waals surface area contributed by atoms with E-state index in [2.05, 4.69) is 0 Å². The van der Waals surface area contributed by atoms with Crippen LogP contribution in [0.2, 0.25) is 0 Å². The first-order chi connectivity index (χ1) is 13.7. The number of carbonyl (C=O) groups is 1. The third kappa shape index (κ3) is 4.51. The normalized spacial score (nSPS) is 11.7. The van der Waals surface area contributed by atoms with Gasteiger partial charge in [-0.3, -0.25) is 4.79 Å². The van der Waals surface area contributed by atoms with E-state index >= 15 is 0 Å². The van der Waals surface area contributed by atoms with Gasteiger partial charge in [-0.15, -0.1) is 11.8 Å². The number of hydrogen-bond acceptors (Lipinski definition) is 6. The Kier molecular flexibility index (Phi) is 6.66. The first-order valence-corrected chi connectivity index (χ1v) is 9.62. The van der Waals surface area contributed by atoms with Crippen LogP contribution < -0.4 is 14.2 Å². The molecule has 0 aliphatic heterocycles. The summed E-state index contributed by atoms with van der Waals surface area (Å²) in [6, 6.07) is 17.1. The van der Waals surface area contributed by atoms with Crippen LogP contribution in [0, 0.1) is 0 Å². The lowest BCUT2D eigenvalue weighted by Gasteiger charge is -2.20. The summed E-state index contributed by atoms with van der Waals surface area (Å²) in [6.07, 6.45) is 1.78. The van der Waals surface area contributed by atoms with E-state index in [4.69, 9.17) is 18.6 Å². The molecule has 0 aliphatic carbocycles. The molecule has 1 aromatic heterocycles. The van der Waals surface area contributed by atoms with Crippen molar-refractivity contribution in [2.45, 2.75) is 16.6 Å². The van der Waals surface area contributed by atoms with Gasteiger partial charge in [0.25, 0.3) is 0 Å². The molecule has 1 unspecified atom stereocenters. The highest BCUT2D eigenvalue weighted by molar-refractivity contribution is 7.99. The molecule has 0 spiro atoms. The summed E-state index contributed by atoms with van der Waals surface area (Å²) in [6.45, 7) is 0. The van der Waals surface area contributed by atoms with Crippen molar-refractivity contribution in [1.82, 2.24) is 0 Å². The molecule has 0 aliphatic rings. The highest BCUT2D eigenvalue weighted by atomic mass is 32.2. The van der Waals surface area contributed by atoms with Crippen molar-refractivity contribution in [2.75, 3.05) is 21.3 Å². The van der Waals surface area contributed by atoms with Gasteiger partial charge in [0.2, 0.25) is 5.75 Å². The molecule has 1 atom stereocenters. The number of carbonyl (C=O) groups excluding carboxylic acids is 1. The van der Waals surface area contributed by atoms with E-state index in [1.165, 1.54) is 6.26 Å². The summed E-state index contributed by atoms with van der Waals surface area (Å²) >= 11 is 1.60. The summed E-state index contributed by atoms with van der Waals surface area (Å²) in [4.78, 5) is 13.8. The molecule has 0 fully saturated rings. The van der Waals surface area contributed by atoms with Gasteiger partial charge in [0.05, 0.1) is 27.6 Å². The second-order valence-electron chi connectivity index (χ2n) is 5.98. The number of rotatable bonds is 9. The summed E-state index contributed by atoms with van der Waals surface area (Å²) in [7, 11) is 4.72. The molecule has 0 saturated carbocycles. The van der Waals surface area contributed by atoms with Crippen LogP contribution >= 0.6 is 11.8 Å². The van der Waals surface area contributed by atoms with E-state index in [0.29, 0.717) is 23.0 Å². The Hall–Kier alpha value is -2.86. The summed E-state index contributed by atoms with van der Waals surface area (Å²) < 4.78 is 21.7. The average molecular weight is 398 g/mol. The van der Waals surface area contributed by atoms with Crippen molar-refractivity contribution in [3.8, 4) is 17.2 Å². The number of furan rings is 1. The maximum absolute atomic E-state index is 12.7. The molecule has 146 valence electrons. The van der Waals surface area contributed by atoms with E-state index in [1.807, 2.05) is 42.5 Å². The highest BCUT2D eigenvalue weighted by Gasteiger charge is 2.23. The molecule has 28 heavy (non-hydrogen) atoms. The Bertz CT molecular complexity index is 881. The molecule has 0 amide bonds. The van der Waals surface area contributed by atoms with Gasteiger partial charge >= 0.3 is 0 Å². The van der Waals surface area contributed by atoms with Crippen LogP contribution in [0.1, 0.15) is 27.8 Å². The predicted molar refractivity (Wildman–Crippen MR) is 109 cm³/mol. The molecule has 0 radical (unpaired) electrons. The Morgan fingerprint density at radius 1 is 0.964 bits per heavy atom. The van der Waals surface area contributed by atoms with E-state index in [1.54, 1.807) is 45.2 Å². The molecular weight excluding hydrogens is 376 g/mol. The third-order valence-corrected chi connectivity index (χ3v) is 5.51. The van der Waals surface area contributed by atoms with E-state index < -0.39 is 0 Å². The van der Waals surface area contributed by atoms with Crippen molar-refractivity contribution in [1.29, 1.82) is 0 Å². The molecule has 1 heterocycles. The standard InChI is InChI=1S/C22H22O5S/c1-24-19-12-15(13-20(25-2)22(19)26-3)21(28-16-8-5-4-6-9-16)14-17(23)18-10-7-11-27-18/h4-13,21H,14H2,1-3H3. The lowest BCUT2D eigenvalue weighted by molar-refractivity contribution is 0.0955. The Morgan fingerprint density at radius 3 is 2.18 bits per heavy atom. The zero-order valence-electron chi connectivity index (χ0n) is 16.0. The SMILES string of the molecule is COc1cc(C(CC(=O)c2ccco2)Sc2ccccc2)cc(OC)c1OC. The molecule has 0 N–H and O–H groups in total. The van der Waals surface area contributed by atoms with Gasteiger partial charge in [0.15, 0.2) is 23.0 Å². The minimum Gasteiger partial charge on any atom is -0.493 e. The van der Waals surface area contributed by atoms with Crippen LogP contribution in [0.5, 0.6) is 17.2 Å². The fourth-order valence-electron chi connectivity index (χ4n) is 2.88. The van der Waals surface area contributed by atoms with Crippen LogP contribution in [0.4, 0.5) is 0 Å². The number of methoxy groups -OCH3 is 3. The summed E-state index contributed by atoms with van der Waals surface area (Å²) in [5.41, 5.74) is 0.906. The van der Waals surface area contributed by atoms with E-state index in [0.717, 1.165) is 10.5 Å². The number of ether oxygens (including phenoxy) is 3.